The fraction of sp³-hybridized carbons (Fsp3) is 0.941. The topological polar surface area (TPSA) is 32.3 Å². The number of rotatable bonds is 4. The molecule has 2 aliphatic heterocycles. The summed E-state index contributed by atoms with van der Waals surface area (Å²) in [4.78, 5) is 14.9. The van der Waals surface area contributed by atoms with E-state index in [4.69, 9.17) is 0 Å². The van der Waals surface area contributed by atoms with Crippen LogP contribution in [0.3, 0.4) is 0 Å². The predicted molar refractivity (Wildman–Crippen MR) is 83.5 cm³/mol. The van der Waals surface area contributed by atoms with Gasteiger partial charge >= 0.3 is 0 Å². The second-order valence-corrected chi connectivity index (χ2v) is 8.18. The number of hydrogen-bond donors (Lipinski definition) is 1. The summed E-state index contributed by atoms with van der Waals surface area (Å²) in [6.07, 6.45) is 2.95. The molecule has 4 atom stereocenters. The van der Waals surface area contributed by atoms with Crippen LogP contribution in [0, 0.1) is 23.2 Å². The molecular weight excluding hydrogens is 248 g/mol. The summed E-state index contributed by atoms with van der Waals surface area (Å²) in [5.41, 5.74) is 0.315. The number of carbonyl (C=O) groups is 1. The third kappa shape index (κ3) is 3.55. The zero-order chi connectivity index (χ0) is 14.9. The number of hydrogen-bond acceptors (Lipinski definition) is 2. The van der Waals surface area contributed by atoms with Gasteiger partial charge in [-0.3, -0.25) is 4.79 Å². The van der Waals surface area contributed by atoms with Gasteiger partial charge in [0.05, 0.1) is 0 Å². The van der Waals surface area contributed by atoms with E-state index in [0.717, 1.165) is 38.9 Å². The van der Waals surface area contributed by atoms with E-state index in [2.05, 4.69) is 44.8 Å². The van der Waals surface area contributed by atoms with Crippen molar-refractivity contribution < 1.29 is 4.79 Å². The zero-order valence-corrected chi connectivity index (χ0v) is 13.9. The molecule has 1 N–H and O–H groups in total. The number of fused-ring (bicyclic) bond motifs is 1. The second kappa shape index (κ2) is 6.05. The molecule has 2 aliphatic rings. The van der Waals surface area contributed by atoms with Gasteiger partial charge in [0.25, 0.3) is 0 Å². The SMILES string of the molecule is CCC1C2CNCC2CN1C(=O)CC(C)CC(C)(C)C. The van der Waals surface area contributed by atoms with Gasteiger partial charge < -0.3 is 10.2 Å². The minimum Gasteiger partial charge on any atom is -0.339 e. The maximum atomic E-state index is 12.6. The molecule has 0 aromatic heterocycles. The molecule has 0 spiro atoms. The molecule has 0 radical (unpaired) electrons. The first-order valence-electron chi connectivity index (χ1n) is 8.32. The lowest BCUT2D eigenvalue weighted by molar-refractivity contribution is -0.133. The molecule has 3 nitrogen and oxygen atoms in total. The Balaban J connectivity index is 1.92. The van der Waals surface area contributed by atoms with Crippen LogP contribution in [0.1, 0.15) is 53.9 Å². The van der Waals surface area contributed by atoms with Crippen molar-refractivity contribution in [1.82, 2.24) is 10.2 Å². The summed E-state index contributed by atoms with van der Waals surface area (Å²) >= 11 is 0. The molecule has 20 heavy (non-hydrogen) atoms. The van der Waals surface area contributed by atoms with Crippen molar-refractivity contribution in [3.05, 3.63) is 0 Å². The summed E-state index contributed by atoms with van der Waals surface area (Å²) in [7, 11) is 0. The van der Waals surface area contributed by atoms with Crippen LogP contribution in [0.25, 0.3) is 0 Å². The Morgan fingerprint density at radius 1 is 1.35 bits per heavy atom. The van der Waals surface area contributed by atoms with Gasteiger partial charge in [-0.05, 0) is 36.0 Å². The van der Waals surface area contributed by atoms with Crippen molar-refractivity contribution in [2.45, 2.75) is 59.9 Å². The highest BCUT2D eigenvalue weighted by atomic mass is 16.2. The van der Waals surface area contributed by atoms with E-state index >= 15 is 0 Å². The highest BCUT2D eigenvalue weighted by Crippen LogP contribution is 2.35. The van der Waals surface area contributed by atoms with Gasteiger partial charge in [0.15, 0.2) is 0 Å². The van der Waals surface area contributed by atoms with Crippen LogP contribution in [0.4, 0.5) is 0 Å². The molecule has 0 bridgehead atoms. The Morgan fingerprint density at radius 2 is 2.05 bits per heavy atom. The third-order valence-corrected chi connectivity index (χ3v) is 4.94. The zero-order valence-electron chi connectivity index (χ0n) is 13.9. The molecule has 116 valence electrons. The normalized spacial score (nSPS) is 31.4. The molecule has 2 saturated heterocycles. The molecule has 1 amide bonds. The number of nitrogens with one attached hydrogen (secondary N) is 1. The van der Waals surface area contributed by atoms with Crippen LogP contribution in [0.5, 0.6) is 0 Å². The van der Waals surface area contributed by atoms with Crippen molar-refractivity contribution in [3.63, 3.8) is 0 Å². The third-order valence-electron chi connectivity index (χ3n) is 4.94. The molecule has 0 aromatic rings. The molecule has 0 saturated carbocycles. The van der Waals surface area contributed by atoms with Gasteiger partial charge in [0.1, 0.15) is 0 Å². The smallest absolute Gasteiger partial charge is 0.223 e. The molecule has 0 aliphatic carbocycles. The largest absolute Gasteiger partial charge is 0.339 e. The van der Waals surface area contributed by atoms with E-state index in [1.54, 1.807) is 0 Å². The van der Waals surface area contributed by atoms with Crippen LogP contribution < -0.4 is 5.32 Å². The summed E-state index contributed by atoms with van der Waals surface area (Å²) < 4.78 is 0. The van der Waals surface area contributed by atoms with Gasteiger partial charge in [0, 0.05) is 32.1 Å². The molecule has 0 aromatic carbocycles. The average molecular weight is 280 g/mol. The Hall–Kier alpha value is -0.570. The molecule has 2 rings (SSSR count). The van der Waals surface area contributed by atoms with Crippen LogP contribution in [-0.4, -0.2) is 36.5 Å². The average Bonchev–Trinajstić information content (AvgIpc) is 2.84. The molecular formula is C17H32N2O. The highest BCUT2D eigenvalue weighted by molar-refractivity contribution is 5.77. The number of likely N-dealkylation sites (tertiary alicyclic amines) is 1. The van der Waals surface area contributed by atoms with E-state index in [-0.39, 0.29) is 0 Å². The van der Waals surface area contributed by atoms with Gasteiger partial charge in [-0.15, -0.1) is 0 Å². The lowest BCUT2D eigenvalue weighted by Crippen LogP contribution is -2.40. The van der Waals surface area contributed by atoms with Gasteiger partial charge in [-0.25, -0.2) is 0 Å². The Bertz CT molecular complexity index is 347. The maximum Gasteiger partial charge on any atom is 0.223 e. The van der Waals surface area contributed by atoms with Gasteiger partial charge in [-0.1, -0.05) is 34.6 Å². The van der Waals surface area contributed by atoms with Crippen molar-refractivity contribution in [1.29, 1.82) is 0 Å². The van der Waals surface area contributed by atoms with Crippen LogP contribution in [0.15, 0.2) is 0 Å². The fourth-order valence-electron chi connectivity index (χ4n) is 4.37. The Labute approximate surface area is 124 Å². The van der Waals surface area contributed by atoms with Crippen molar-refractivity contribution in [2.24, 2.45) is 23.2 Å². The monoisotopic (exact) mass is 280 g/mol. The minimum atomic E-state index is 0.315. The standard InChI is InChI=1S/C17H32N2O/c1-6-15-14-10-18-9-13(14)11-19(15)16(20)7-12(2)8-17(3,4)5/h12-15,18H,6-11H2,1-5H3. The lowest BCUT2D eigenvalue weighted by Gasteiger charge is -2.29. The molecule has 2 heterocycles. The summed E-state index contributed by atoms with van der Waals surface area (Å²) in [5.74, 6) is 2.27. The number of amides is 1. The van der Waals surface area contributed by atoms with Crippen molar-refractivity contribution in [2.75, 3.05) is 19.6 Å². The van der Waals surface area contributed by atoms with Crippen molar-refractivity contribution >= 4 is 5.91 Å². The highest BCUT2D eigenvalue weighted by Gasteiger charge is 2.44. The van der Waals surface area contributed by atoms with E-state index in [1.807, 2.05) is 0 Å². The molecule has 3 heteroatoms. The van der Waals surface area contributed by atoms with E-state index in [9.17, 15) is 4.79 Å². The van der Waals surface area contributed by atoms with E-state index in [0.29, 0.717) is 35.1 Å². The Morgan fingerprint density at radius 3 is 2.65 bits per heavy atom. The fourth-order valence-corrected chi connectivity index (χ4v) is 4.37. The first kappa shape index (κ1) is 15.8. The summed E-state index contributed by atoms with van der Waals surface area (Å²) in [6.45, 7) is 14.4. The number of nitrogens with zero attached hydrogens (tertiary/aromatic N) is 1. The van der Waals surface area contributed by atoms with Crippen LogP contribution >= 0.6 is 0 Å². The lowest BCUT2D eigenvalue weighted by atomic mass is 9.84. The first-order chi connectivity index (χ1) is 9.31. The minimum absolute atomic E-state index is 0.315. The Kier molecular flexibility index (Phi) is 4.78. The van der Waals surface area contributed by atoms with E-state index < -0.39 is 0 Å². The molecule has 4 unspecified atom stereocenters. The quantitative estimate of drug-likeness (QED) is 0.859. The van der Waals surface area contributed by atoms with E-state index in [1.165, 1.54) is 0 Å². The van der Waals surface area contributed by atoms with Crippen molar-refractivity contribution in [3.8, 4) is 0 Å². The molecule has 2 fully saturated rings. The second-order valence-electron chi connectivity index (χ2n) is 8.18. The summed E-state index contributed by atoms with van der Waals surface area (Å²) in [6, 6.07) is 0.476. The van der Waals surface area contributed by atoms with Crippen LogP contribution in [0.2, 0.25) is 0 Å². The summed E-state index contributed by atoms with van der Waals surface area (Å²) in [5, 5.41) is 3.48. The van der Waals surface area contributed by atoms with Gasteiger partial charge in [-0.2, -0.15) is 0 Å². The van der Waals surface area contributed by atoms with Crippen LogP contribution in [-0.2, 0) is 4.79 Å². The predicted octanol–water partition coefficient (Wildman–Crippen LogP) is 2.91. The maximum absolute atomic E-state index is 12.6. The number of carbonyl (C=O) groups excluding carboxylic acids is 1. The van der Waals surface area contributed by atoms with Gasteiger partial charge in [0.2, 0.25) is 5.91 Å². The first-order valence-corrected chi connectivity index (χ1v) is 8.32.